The quantitative estimate of drug-likeness (QED) is 0.772. The van der Waals surface area contributed by atoms with E-state index in [2.05, 4.69) is 34.2 Å². The molecule has 23 heavy (non-hydrogen) atoms. The van der Waals surface area contributed by atoms with E-state index >= 15 is 0 Å². The van der Waals surface area contributed by atoms with Crippen LogP contribution in [0.4, 0.5) is 0 Å². The van der Waals surface area contributed by atoms with Crippen LogP contribution in [0.15, 0.2) is 41.5 Å². The number of fused-ring (bicyclic) bond motifs is 5. The molecule has 1 spiro atoms. The van der Waals surface area contributed by atoms with E-state index < -0.39 is 5.66 Å². The molecule has 3 aliphatic heterocycles. The third-order valence-electron chi connectivity index (χ3n) is 4.46. The lowest BCUT2D eigenvalue weighted by atomic mass is 9.89. The molecule has 6 nitrogen and oxygen atoms in total. The fourth-order valence-corrected chi connectivity index (χ4v) is 4.16. The minimum atomic E-state index is -0.626. The molecule has 0 aliphatic carbocycles. The van der Waals surface area contributed by atoms with Crippen LogP contribution in [0.2, 0.25) is 0 Å². The van der Waals surface area contributed by atoms with E-state index in [1.807, 2.05) is 18.2 Å². The van der Waals surface area contributed by atoms with Crippen molar-refractivity contribution < 1.29 is 9.53 Å². The molecular weight excluding hydrogens is 312 g/mol. The van der Waals surface area contributed by atoms with Crippen molar-refractivity contribution in [2.75, 3.05) is 12.4 Å². The fraction of sp³-hybridized carbons (Fsp3) is 0.250. The van der Waals surface area contributed by atoms with Gasteiger partial charge in [-0.15, -0.1) is 0 Å². The average molecular weight is 326 g/mol. The second kappa shape index (κ2) is 4.62. The number of hydrogen-bond donors (Lipinski definition) is 2. The number of thioether (sulfide) groups is 1. The third kappa shape index (κ3) is 1.80. The van der Waals surface area contributed by atoms with Crippen molar-refractivity contribution >= 4 is 33.6 Å². The van der Waals surface area contributed by atoms with Crippen LogP contribution in [0.25, 0.3) is 10.8 Å². The predicted octanol–water partition coefficient (Wildman–Crippen LogP) is 1.73. The van der Waals surface area contributed by atoms with Gasteiger partial charge in [-0.3, -0.25) is 10.2 Å². The number of nitrogens with zero attached hydrogens (tertiary/aromatic N) is 2. The van der Waals surface area contributed by atoms with Crippen LogP contribution in [0.5, 0.6) is 5.75 Å². The second-order valence-electron chi connectivity index (χ2n) is 5.80. The minimum absolute atomic E-state index is 0.0305. The van der Waals surface area contributed by atoms with Crippen molar-refractivity contribution in [3.05, 3.63) is 42.0 Å². The Kier molecular flexibility index (Phi) is 2.66. The number of hydrazone groups is 1. The van der Waals surface area contributed by atoms with Gasteiger partial charge in [-0.05, 0) is 16.8 Å². The van der Waals surface area contributed by atoms with Crippen molar-refractivity contribution in [3.8, 4) is 5.75 Å². The highest BCUT2D eigenvalue weighted by Crippen LogP contribution is 2.42. The van der Waals surface area contributed by atoms with E-state index in [1.165, 1.54) is 11.8 Å². The highest BCUT2D eigenvalue weighted by Gasteiger charge is 2.46. The van der Waals surface area contributed by atoms with Crippen LogP contribution < -0.4 is 15.6 Å². The zero-order valence-corrected chi connectivity index (χ0v) is 13.0. The highest BCUT2D eigenvalue weighted by molar-refractivity contribution is 8.15. The van der Waals surface area contributed by atoms with Crippen molar-refractivity contribution in [3.63, 3.8) is 0 Å². The molecule has 0 aromatic heterocycles. The molecule has 1 saturated heterocycles. The van der Waals surface area contributed by atoms with E-state index in [4.69, 9.17) is 4.74 Å². The van der Waals surface area contributed by atoms with E-state index in [0.717, 1.165) is 22.1 Å². The van der Waals surface area contributed by atoms with Gasteiger partial charge in [0.1, 0.15) is 5.75 Å². The summed E-state index contributed by atoms with van der Waals surface area (Å²) in [6.45, 7) is 0.561. The first kappa shape index (κ1) is 13.2. The molecule has 1 atom stereocenters. The van der Waals surface area contributed by atoms with Gasteiger partial charge in [-0.1, -0.05) is 42.1 Å². The second-order valence-corrected chi connectivity index (χ2v) is 6.74. The first-order valence-corrected chi connectivity index (χ1v) is 8.49. The van der Waals surface area contributed by atoms with Crippen molar-refractivity contribution in [1.29, 1.82) is 0 Å². The maximum atomic E-state index is 12.1. The summed E-state index contributed by atoms with van der Waals surface area (Å²) in [6, 6.07) is 12.2. The van der Waals surface area contributed by atoms with Gasteiger partial charge < -0.3 is 4.74 Å². The van der Waals surface area contributed by atoms with Gasteiger partial charge in [0.2, 0.25) is 5.17 Å². The Morgan fingerprint density at radius 1 is 1.26 bits per heavy atom. The average Bonchev–Trinajstić information content (AvgIpc) is 2.95. The summed E-state index contributed by atoms with van der Waals surface area (Å²) in [5.41, 5.74) is 7.01. The van der Waals surface area contributed by atoms with Gasteiger partial charge in [-0.2, -0.15) is 10.5 Å². The van der Waals surface area contributed by atoms with Crippen LogP contribution in [-0.4, -0.2) is 28.4 Å². The largest absolute Gasteiger partial charge is 0.493 e. The molecule has 7 heteroatoms. The third-order valence-corrected chi connectivity index (χ3v) is 5.39. The Morgan fingerprint density at radius 2 is 2.17 bits per heavy atom. The summed E-state index contributed by atoms with van der Waals surface area (Å²) in [7, 11) is 0. The maximum Gasteiger partial charge on any atom is 0.253 e. The molecule has 0 bridgehead atoms. The van der Waals surface area contributed by atoms with Gasteiger partial charge in [0, 0.05) is 12.0 Å². The lowest BCUT2D eigenvalue weighted by molar-refractivity contribution is -0.129. The van der Waals surface area contributed by atoms with E-state index in [1.54, 1.807) is 5.01 Å². The Hall–Kier alpha value is -2.25. The SMILES string of the molecule is O=C1CSC2=NNC3(CCOc4ccc5ccccc5c43)NN12. The molecule has 2 aromatic carbocycles. The zero-order chi connectivity index (χ0) is 15.4. The number of amides is 1. The summed E-state index contributed by atoms with van der Waals surface area (Å²) < 4.78 is 5.86. The number of hydrazine groups is 1. The molecule has 0 radical (unpaired) electrons. The molecule has 2 N–H and O–H groups in total. The summed E-state index contributed by atoms with van der Waals surface area (Å²) in [4.78, 5) is 12.1. The van der Waals surface area contributed by atoms with Gasteiger partial charge in [0.15, 0.2) is 5.66 Å². The normalized spacial score (nSPS) is 25.7. The standard InChI is InChI=1S/C16H14N4O2S/c21-13-9-23-15-17-18-16(19-20(13)15)7-8-22-12-6-5-10-3-1-2-4-11(10)14(12)16/h1-6,18-19H,7-9H2. The van der Waals surface area contributed by atoms with Crippen molar-refractivity contribution in [1.82, 2.24) is 15.9 Å². The summed E-state index contributed by atoms with van der Waals surface area (Å²) in [5, 5.41) is 8.92. The topological polar surface area (TPSA) is 66.0 Å². The molecule has 116 valence electrons. The van der Waals surface area contributed by atoms with Crippen LogP contribution in [-0.2, 0) is 10.5 Å². The van der Waals surface area contributed by atoms with Crippen LogP contribution in [0.1, 0.15) is 12.0 Å². The van der Waals surface area contributed by atoms with Crippen molar-refractivity contribution in [2.24, 2.45) is 5.10 Å². The van der Waals surface area contributed by atoms with Gasteiger partial charge in [0.25, 0.3) is 5.91 Å². The Balaban J connectivity index is 1.73. The fourth-order valence-electron chi connectivity index (χ4n) is 3.39. The maximum absolute atomic E-state index is 12.1. The minimum Gasteiger partial charge on any atom is -0.493 e. The summed E-state index contributed by atoms with van der Waals surface area (Å²) >= 11 is 1.44. The monoisotopic (exact) mass is 326 g/mol. The lowest BCUT2D eigenvalue weighted by Crippen LogP contribution is -2.65. The highest BCUT2D eigenvalue weighted by atomic mass is 32.2. The molecule has 0 saturated carbocycles. The van der Waals surface area contributed by atoms with E-state index in [0.29, 0.717) is 23.9 Å². The number of amidine groups is 1. The zero-order valence-electron chi connectivity index (χ0n) is 12.2. The number of hydrogen-bond acceptors (Lipinski definition) is 6. The van der Waals surface area contributed by atoms with Crippen LogP contribution in [0.3, 0.4) is 0 Å². The Morgan fingerprint density at radius 3 is 3.13 bits per heavy atom. The molecular formula is C16H14N4O2S. The first-order chi connectivity index (χ1) is 11.3. The predicted molar refractivity (Wildman–Crippen MR) is 88.7 cm³/mol. The molecule has 5 rings (SSSR count). The molecule has 1 amide bonds. The number of benzene rings is 2. The van der Waals surface area contributed by atoms with Gasteiger partial charge in [-0.25, -0.2) is 5.01 Å². The summed E-state index contributed by atoms with van der Waals surface area (Å²) in [5.74, 6) is 1.28. The number of carbonyl (C=O) groups is 1. The molecule has 2 aromatic rings. The lowest BCUT2D eigenvalue weighted by Gasteiger charge is -2.44. The molecule has 1 unspecified atom stereocenters. The van der Waals surface area contributed by atoms with Crippen LogP contribution >= 0.6 is 11.8 Å². The Bertz CT molecular complexity index is 868. The summed E-state index contributed by atoms with van der Waals surface area (Å²) in [6.07, 6.45) is 0.680. The van der Waals surface area contributed by atoms with Crippen molar-refractivity contribution in [2.45, 2.75) is 12.1 Å². The first-order valence-electron chi connectivity index (χ1n) is 7.50. The number of nitrogens with one attached hydrogen (secondary N) is 2. The smallest absolute Gasteiger partial charge is 0.253 e. The van der Waals surface area contributed by atoms with E-state index in [9.17, 15) is 4.79 Å². The van der Waals surface area contributed by atoms with Gasteiger partial charge >= 0.3 is 0 Å². The van der Waals surface area contributed by atoms with Crippen LogP contribution in [0, 0.1) is 0 Å². The molecule has 1 fully saturated rings. The number of ether oxygens (including phenoxy) is 1. The molecule has 3 heterocycles. The number of rotatable bonds is 0. The molecule has 3 aliphatic rings. The number of carbonyl (C=O) groups excluding carboxylic acids is 1. The van der Waals surface area contributed by atoms with Gasteiger partial charge in [0.05, 0.1) is 12.4 Å². The Labute approximate surface area is 136 Å². The van der Waals surface area contributed by atoms with E-state index in [-0.39, 0.29) is 5.91 Å².